The highest BCUT2D eigenvalue weighted by atomic mass is 16.5. The van der Waals surface area contributed by atoms with Gasteiger partial charge < -0.3 is 14.5 Å². The molecule has 0 aliphatic heterocycles. The fourth-order valence-electron chi connectivity index (χ4n) is 1.80. The Hall–Kier alpha value is -1.36. The highest BCUT2D eigenvalue weighted by molar-refractivity contribution is 5.88. The predicted octanol–water partition coefficient (Wildman–Crippen LogP) is 1.69. The van der Waals surface area contributed by atoms with E-state index >= 15 is 0 Å². The van der Waals surface area contributed by atoms with E-state index in [-0.39, 0.29) is 18.3 Å². The van der Waals surface area contributed by atoms with Gasteiger partial charge >= 0.3 is 5.97 Å². The maximum absolute atomic E-state index is 12.1. The second kappa shape index (κ2) is 10.4. The number of allylic oxidation sites excluding steroid dienone is 1. The first-order valence-electron chi connectivity index (χ1n) is 7.17. The van der Waals surface area contributed by atoms with Crippen molar-refractivity contribution >= 4 is 11.9 Å². The minimum Gasteiger partial charge on any atom is -0.469 e. The second-order valence-electron chi connectivity index (χ2n) is 4.90. The molecule has 0 N–H and O–H groups in total. The zero-order valence-electron chi connectivity index (χ0n) is 13.4. The lowest BCUT2D eigenvalue weighted by atomic mass is 10.2. The van der Waals surface area contributed by atoms with Crippen molar-refractivity contribution in [3.05, 3.63) is 11.6 Å². The second-order valence-corrected chi connectivity index (χ2v) is 4.90. The van der Waals surface area contributed by atoms with Gasteiger partial charge in [-0.05, 0) is 26.9 Å². The predicted molar refractivity (Wildman–Crippen MR) is 80.4 cm³/mol. The summed E-state index contributed by atoms with van der Waals surface area (Å²) in [6, 6.07) is 0. The number of amides is 1. The van der Waals surface area contributed by atoms with Crippen molar-refractivity contribution in [2.75, 3.05) is 39.8 Å². The number of carbonyl (C=O) groups excluding carboxylic acids is 2. The van der Waals surface area contributed by atoms with Gasteiger partial charge in [0.1, 0.15) is 0 Å². The molecule has 0 spiro atoms. The van der Waals surface area contributed by atoms with Gasteiger partial charge in [0.15, 0.2) is 0 Å². The normalized spacial score (nSPS) is 10.3. The quantitative estimate of drug-likeness (QED) is 0.477. The van der Waals surface area contributed by atoms with Crippen LogP contribution in [-0.4, -0.2) is 61.5 Å². The molecule has 0 aromatic rings. The zero-order valence-corrected chi connectivity index (χ0v) is 13.4. The highest BCUT2D eigenvalue weighted by Gasteiger charge is 2.14. The third-order valence-electron chi connectivity index (χ3n) is 3.12. The molecule has 20 heavy (non-hydrogen) atoms. The van der Waals surface area contributed by atoms with E-state index in [1.54, 1.807) is 11.0 Å². The molecule has 0 atom stereocenters. The Morgan fingerprint density at radius 2 is 1.65 bits per heavy atom. The largest absolute Gasteiger partial charge is 0.469 e. The van der Waals surface area contributed by atoms with Crippen LogP contribution in [0.3, 0.4) is 0 Å². The lowest BCUT2D eigenvalue weighted by molar-refractivity contribution is -0.141. The van der Waals surface area contributed by atoms with E-state index < -0.39 is 0 Å². The van der Waals surface area contributed by atoms with Crippen LogP contribution in [0.15, 0.2) is 11.6 Å². The molecule has 0 fully saturated rings. The van der Waals surface area contributed by atoms with Crippen LogP contribution in [-0.2, 0) is 14.3 Å². The van der Waals surface area contributed by atoms with Crippen LogP contribution in [0.5, 0.6) is 0 Å². The lowest BCUT2D eigenvalue weighted by Crippen LogP contribution is -2.39. The van der Waals surface area contributed by atoms with Crippen LogP contribution in [0.4, 0.5) is 0 Å². The van der Waals surface area contributed by atoms with E-state index in [0.29, 0.717) is 13.1 Å². The zero-order chi connectivity index (χ0) is 15.5. The summed E-state index contributed by atoms with van der Waals surface area (Å²) in [5, 5.41) is 0. The first-order chi connectivity index (χ1) is 9.44. The SMILES string of the molecule is CCN(CC)CCN(CCC(=O)OC)C(=O)C=C(C)C. The lowest BCUT2D eigenvalue weighted by Gasteiger charge is -2.25. The van der Waals surface area contributed by atoms with Crippen LogP contribution in [0.2, 0.25) is 0 Å². The number of hydrogen-bond acceptors (Lipinski definition) is 4. The molecule has 0 aromatic heterocycles. The van der Waals surface area contributed by atoms with E-state index in [4.69, 9.17) is 0 Å². The van der Waals surface area contributed by atoms with Crippen LogP contribution < -0.4 is 0 Å². The molecule has 116 valence electrons. The Bertz CT molecular complexity index is 332. The third-order valence-corrected chi connectivity index (χ3v) is 3.12. The monoisotopic (exact) mass is 284 g/mol. The number of nitrogens with zero attached hydrogens (tertiary/aromatic N) is 2. The van der Waals surface area contributed by atoms with Crippen molar-refractivity contribution in [2.45, 2.75) is 34.1 Å². The summed E-state index contributed by atoms with van der Waals surface area (Å²) in [5.74, 6) is -0.330. The van der Waals surface area contributed by atoms with Crippen molar-refractivity contribution < 1.29 is 14.3 Å². The van der Waals surface area contributed by atoms with Gasteiger partial charge in [-0.2, -0.15) is 0 Å². The minimum atomic E-state index is -0.289. The number of likely N-dealkylation sites (N-methyl/N-ethyl adjacent to an activating group) is 1. The van der Waals surface area contributed by atoms with Gasteiger partial charge in [-0.3, -0.25) is 9.59 Å². The summed E-state index contributed by atoms with van der Waals surface area (Å²) in [6.45, 7) is 11.7. The number of rotatable bonds is 9. The molecule has 1 amide bonds. The number of methoxy groups -OCH3 is 1. The van der Waals surface area contributed by atoms with Crippen molar-refractivity contribution in [3.63, 3.8) is 0 Å². The first kappa shape index (κ1) is 18.6. The molecule has 0 bridgehead atoms. The molecule has 0 unspecified atom stereocenters. The summed E-state index contributed by atoms with van der Waals surface area (Å²) in [6.07, 6.45) is 1.84. The smallest absolute Gasteiger partial charge is 0.307 e. The highest BCUT2D eigenvalue weighted by Crippen LogP contribution is 2.00. The Morgan fingerprint density at radius 3 is 2.10 bits per heavy atom. The van der Waals surface area contributed by atoms with E-state index in [9.17, 15) is 9.59 Å². The Balaban J connectivity index is 4.57. The van der Waals surface area contributed by atoms with E-state index in [1.165, 1.54) is 7.11 Å². The maximum Gasteiger partial charge on any atom is 0.307 e. The van der Waals surface area contributed by atoms with Gasteiger partial charge in [-0.25, -0.2) is 0 Å². The van der Waals surface area contributed by atoms with Crippen molar-refractivity contribution in [1.29, 1.82) is 0 Å². The van der Waals surface area contributed by atoms with Gasteiger partial charge in [0, 0.05) is 25.7 Å². The fraction of sp³-hybridized carbons (Fsp3) is 0.733. The molecule has 0 saturated heterocycles. The maximum atomic E-state index is 12.1. The number of esters is 1. The van der Waals surface area contributed by atoms with Gasteiger partial charge in [-0.15, -0.1) is 0 Å². The fourth-order valence-corrected chi connectivity index (χ4v) is 1.80. The summed E-state index contributed by atoms with van der Waals surface area (Å²) < 4.78 is 4.63. The van der Waals surface area contributed by atoms with Crippen LogP contribution >= 0.6 is 0 Å². The third kappa shape index (κ3) is 7.94. The molecule has 5 nitrogen and oxygen atoms in total. The van der Waals surface area contributed by atoms with Gasteiger partial charge in [0.25, 0.3) is 0 Å². The number of hydrogen-bond donors (Lipinski definition) is 0. The number of carbonyl (C=O) groups is 2. The Kier molecular flexibility index (Phi) is 9.72. The molecular formula is C15H28N2O3. The molecule has 0 heterocycles. The molecule has 0 aliphatic rings. The van der Waals surface area contributed by atoms with Crippen molar-refractivity contribution in [2.24, 2.45) is 0 Å². The van der Waals surface area contributed by atoms with Crippen molar-refractivity contribution in [3.8, 4) is 0 Å². The minimum absolute atomic E-state index is 0.0407. The topological polar surface area (TPSA) is 49.9 Å². The van der Waals surface area contributed by atoms with Crippen LogP contribution in [0.1, 0.15) is 34.1 Å². The summed E-state index contributed by atoms with van der Waals surface area (Å²) >= 11 is 0. The standard InChI is InChI=1S/C15H28N2O3/c1-6-16(7-2)10-11-17(9-8-15(19)20-5)14(18)12-13(3)4/h12H,6-11H2,1-5H3. The molecule has 0 rings (SSSR count). The van der Waals surface area contributed by atoms with E-state index in [0.717, 1.165) is 25.2 Å². The molecule has 0 radical (unpaired) electrons. The summed E-state index contributed by atoms with van der Waals surface area (Å²) in [4.78, 5) is 27.3. The molecule has 5 heteroatoms. The van der Waals surface area contributed by atoms with Crippen molar-refractivity contribution in [1.82, 2.24) is 9.80 Å². The summed E-state index contributed by atoms with van der Waals surface area (Å²) in [7, 11) is 1.36. The van der Waals surface area contributed by atoms with Gasteiger partial charge in [-0.1, -0.05) is 19.4 Å². The number of ether oxygens (including phenoxy) is 1. The molecule has 0 aliphatic carbocycles. The van der Waals surface area contributed by atoms with E-state index in [1.807, 2.05) is 13.8 Å². The molecular weight excluding hydrogens is 256 g/mol. The average molecular weight is 284 g/mol. The molecule has 0 aromatic carbocycles. The first-order valence-corrected chi connectivity index (χ1v) is 7.17. The van der Waals surface area contributed by atoms with Crippen LogP contribution in [0.25, 0.3) is 0 Å². The van der Waals surface area contributed by atoms with E-state index in [2.05, 4.69) is 23.5 Å². The van der Waals surface area contributed by atoms with Crippen LogP contribution in [0, 0.1) is 0 Å². The van der Waals surface area contributed by atoms with Gasteiger partial charge in [0.2, 0.25) is 5.91 Å². The average Bonchev–Trinajstić information content (AvgIpc) is 2.41. The van der Waals surface area contributed by atoms with Gasteiger partial charge in [0.05, 0.1) is 13.5 Å². The molecule has 0 saturated carbocycles. The Labute approximate surface area is 122 Å². The Morgan fingerprint density at radius 1 is 1.05 bits per heavy atom. The summed E-state index contributed by atoms with van der Waals surface area (Å²) in [5.41, 5.74) is 0.959.